The molecule has 1 amide bonds. The van der Waals surface area contributed by atoms with Crippen LogP contribution >= 0.6 is 0 Å². The van der Waals surface area contributed by atoms with Gasteiger partial charge in [0, 0.05) is 44.2 Å². The predicted molar refractivity (Wildman–Crippen MR) is 108 cm³/mol. The molecule has 0 radical (unpaired) electrons. The molecule has 0 aromatic heterocycles. The van der Waals surface area contributed by atoms with Crippen LogP contribution in [-0.2, 0) is 4.79 Å². The SMILES string of the molecule is CCNC(=NCC1(C)CCCCC1O)N1CCN(CC(=O)NC2CC2)CC1. The van der Waals surface area contributed by atoms with E-state index in [2.05, 4.69) is 34.3 Å². The van der Waals surface area contributed by atoms with E-state index in [0.29, 0.717) is 19.1 Å². The number of carbonyl (C=O) groups excluding carboxylic acids is 1. The molecule has 0 aromatic carbocycles. The van der Waals surface area contributed by atoms with E-state index < -0.39 is 0 Å². The van der Waals surface area contributed by atoms with Crippen LogP contribution in [0.4, 0.5) is 0 Å². The molecule has 2 aliphatic carbocycles. The summed E-state index contributed by atoms with van der Waals surface area (Å²) < 4.78 is 0. The Labute approximate surface area is 163 Å². The smallest absolute Gasteiger partial charge is 0.234 e. The van der Waals surface area contributed by atoms with E-state index in [0.717, 1.165) is 70.8 Å². The van der Waals surface area contributed by atoms with Gasteiger partial charge < -0.3 is 20.6 Å². The van der Waals surface area contributed by atoms with Gasteiger partial charge in [-0.05, 0) is 32.6 Å². The summed E-state index contributed by atoms with van der Waals surface area (Å²) >= 11 is 0. The Balaban J connectivity index is 1.50. The van der Waals surface area contributed by atoms with Crippen molar-refractivity contribution in [1.82, 2.24) is 20.4 Å². The van der Waals surface area contributed by atoms with Gasteiger partial charge in [-0.3, -0.25) is 14.7 Å². The lowest BCUT2D eigenvalue weighted by Gasteiger charge is -2.39. The molecule has 1 saturated heterocycles. The van der Waals surface area contributed by atoms with Gasteiger partial charge in [0.05, 0.1) is 19.2 Å². The number of hydrogen-bond donors (Lipinski definition) is 3. The van der Waals surface area contributed by atoms with Crippen molar-refractivity contribution in [2.24, 2.45) is 10.4 Å². The number of piperazine rings is 1. The van der Waals surface area contributed by atoms with Gasteiger partial charge in [0.15, 0.2) is 5.96 Å². The Kier molecular flexibility index (Phi) is 6.98. The highest BCUT2D eigenvalue weighted by Crippen LogP contribution is 2.36. The number of hydrogen-bond acceptors (Lipinski definition) is 4. The maximum Gasteiger partial charge on any atom is 0.234 e. The van der Waals surface area contributed by atoms with Crippen molar-refractivity contribution in [3.8, 4) is 0 Å². The summed E-state index contributed by atoms with van der Waals surface area (Å²) in [6.45, 7) is 9.77. The second-order valence-corrected chi connectivity index (χ2v) is 8.69. The number of aliphatic hydroxyl groups is 1. The van der Waals surface area contributed by atoms with E-state index >= 15 is 0 Å². The van der Waals surface area contributed by atoms with E-state index in [1.165, 1.54) is 6.42 Å². The Morgan fingerprint density at radius 1 is 1.19 bits per heavy atom. The van der Waals surface area contributed by atoms with Gasteiger partial charge in [0.1, 0.15) is 0 Å². The topological polar surface area (TPSA) is 80.2 Å². The molecule has 27 heavy (non-hydrogen) atoms. The molecular formula is C20H37N5O2. The van der Waals surface area contributed by atoms with Crippen LogP contribution in [0.5, 0.6) is 0 Å². The minimum atomic E-state index is -0.250. The van der Waals surface area contributed by atoms with Crippen molar-refractivity contribution in [2.45, 2.75) is 64.5 Å². The lowest BCUT2D eigenvalue weighted by atomic mass is 9.73. The normalized spacial score (nSPS) is 30.3. The number of aliphatic hydroxyl groups excluding tert-OH is 1. The van der Waals surface area contributed by atoms with Crippen LogP contribution in [0.3, 0.4) is 0 Å². The van der Waals surface area contributed by atoms with Crippen molar-refractivity contribution in [3.05, 3.63) is 0 Å². The van der Waals surface area contributed by atoms with E-state index in [1.807, 2.05) is 0 Å². The molecule has 0 aromatic rings. The highest BCUT2D eigenvalue weighted by Gasteiger charge is 2.35. The second kappa shape index (κ2) is 9.24. The van der Waals surface area contributed by atoms with Crippen LogP contribution < -0.4 is 10.6 Å². The molecule has 1 aliphatic heterocycles. The summed E-state index contributed by atoms with van der Waals surface area (Å²) in [5.41, 5.74) is -0.109. The third kappa shape index (κ3) is 5.82. The first-order chi connectivity index (χ1) is 13.0. The summed E-state index contributed by atoms with van der Waals surface area (Å²) in [5.74, 6) is 1.10. The van der Waals surface area contributed by atoms with Crippen LogP contribution in [0, 0.1) is 5.41 Å². The first kappa shape index (κ1) is 20.4. The molecular weight excluding hydrogens is 342 g/mol. The fourth-order valence-electron chi connectivity index (χ4n) is 4.07. The fraction of sp³-hybridized carbons (Fsp3) is 0.900. The third-order valence-corrected chi connectivity index (χ3v) is 6.19. The highest BCUT2D eigenvalue weighted by atomic mass is 16.3. The van der Waals surface area contributed by atoms with E-state index in [9.17, 15) is 9.90 Å². The van der Waals surface area contributed by atoms with Crippen molar-refractivity contribution in [2.75, 3.05) is 45.8 Å². The standard InChI is InChI=1S/C20H37N5O2/c1-3-21-19(22-15-20(2)9-5-4-6-17(20)26)25-12-10-24(11-13-25)14-18(27)23-16-7-8-16/h16-17,26H,3-15H2,1-2H3,(H,21,22)(H,23,27). The Morgan fingerprint density at radius 2 is 1.93 bits per heavy atom. The molecule has 154 valence electrons. The van der Waals surface area contributed by atoms with Crippen molar-refractivity contribution in [3.63, 3.8) is 0 Å². The van der Waals surface area contributed by atoms with Crippen molar-refractivity contribution >= 4 is 11.9 Å². The zero-order valence-electron chi connectivity index (χ0n) is 17.0. The zero-order chi connectivity index (χ0) is 19.3. The molecule has 3 fully saturated rings. The van der Waals surface area contributed by atoms with E-state index in [4.69, 9.17) is 4.99 Å². The van der Waals surface area contributed by atoms with E-state index in [1.54, 1.807) is 0 Å². The maximum atomic E-state index is 12.0. The lowest BCUT2D eigenvalue weighted by molar-refractivity contribution is -0.122. The van der Waals surface area contributed by atoms with Crippen LogP contribution in [0.25, 0.3) is 0 Å². The summed E-state index contributed by atoms with van der Waals surface area (Å²) in [6.07, 6.45) is 6.26. The number of guanidine groups is 1. The van der Waals surface area contributed by atoms with Gasteiger partial charge in [-0.2, -0.15) is 0 Å². The van der Waals surface area contributed by atoms with Crippen LogP contribution in [0.15, 0.2) is 4.99 Å². The van der Waals surface area contributed by atoms with Crippen LogP contribution in [0.1, 0.15) is 52.4 Å². The molecule has 3 N–H and O–H groups in total. The summed E-state index contributed by atoms with van der Waals surface area (Å²) in [6, 6.07) is 0.433. The number of aliphatic imine (C=N–C) groups is 1. The molecule has 2 atom stereocenters. The van der Waals surface area contributed by atoms with Gasteiger partial charge in [0.25, 0.3) is 0 Å². The van der Waals surface area contributed by atoms with E-state index in [-0.39, 0.29) is 17.4 Å². The minimum absolute atomic E-state index is 0.109. The maximum absolute atomic E-state index is 12.0. The molecule has 3 aliphatic rings. The average Bonchev–Trinajstić information content (AvgIpc) is 3.46. The minimum Gasteiger partial charge on any atom is -0.392 e. The first-order valence-corrected chi connectivity index (χ1v) is 10.7. The summed E-state index contributed by atoms with van der Waals surface area (Å²) in [4.78, 5) is 21.4. The second-order valence-electron chi connectivity index (χ2n) is 8.69. The highest BCUT2D eigenvalue weighted by molar-refractivity contribution is 5.80. The molecule has 0 bridgehead atoms. The summed E-state index contributed by atoms with van der Waals surface area (Å²) in [5, 5.41) is 16.9. The number of nitrogens with one attached hydrogen (secondary N) is 2. The number of amides is 1. The fourth-order valence-corrected chi connectivity index (χ4v) is 4.07. The van der Waals surface area contributed by atoms with Gasteiger partial charge in [-0.25, -0.2) is 0 Å². The quantitative estimate of drug-likeness (QED) is 0.470. The Hall–Kier alpha value is -1.34. The van der Waals surface area contributed by atoms with Crippen LogP contribution in [-0.4, -0.2) is 84.7 Å². The monoisotopic (exact) mass is 379 g/mol. The largest absolute Gasteiger partial charge is 0.392 e. The molecule has 2 saturated carbocycles. The molecule has 7 heteroatoms. The first-order valence-electron chi connectivity index (χ1n) is 10.7. The van der Waals surface area contributed by atoms with Crippen molar-refractivity contribution < 1.29 is 9.90 Å². The predicted octanol–water partition coefficient (Wildman–Crippen LogP) is 0.789. The number of carbonyl (C=O) groups is 1. The van der Waals surface area contributed by atoms with Gasteiger partial charge in [-0.15, -0.1) is 0 Å². The number of rotatable bonds is 6. The van der Waals surface area contributed by atoms with Crippen LogP contribution in [0.2, 0.25) is 0 Å². The van der Waals surface area contributed by atoms with Gasteiger partial charge >= 0.3 is 0 Å². The average molecular weight is 380 g/mol. The molecule has 3 rings (SSSR count). The summed E-state index contributed by atoms with van der Waals surface area (Å²) in [7, 11) is 0. The molecule has 1 heterocycles. The Bertz CT molecular complexity index is 528. The zero-order valence-corrected chi connectivity index (χ0v) is 17.0. The van der Waals surface area contributed by atoms with Gasteiger partial charge in [-0.1, -0.05) is 19.8 Å². The molecule has 2 unspecified atom stereocenters. The van der Waals surface area contributed by atoms with Crippen molar-refractivity contribution in [1.29, 1.82) is 0 Å². The Morgan fingerprint density at radius 3 is 2.56 bits per heavy atom. The number of nitrogens with zero attached hydrogens (tertiary/aromatic N) is 3. The lowest BCUT2D eigenvalue weighted by Crippen LogP contribution is -2.54. The van der Waals surface area contributed by atoms with Gasteiger partial charge in [0.2, 0.25) is 5.91 Å². The molecule has 7 nitrogen and oxygen atoms in total. The molecule has 0 spiro atoms. The third-order valence-electron chi connectivity index (χ3n) is 6.19.